The molecule has 1 aromatic heterocycles. The third kappa shape index (κ3) is 3.47. The van der Waals surface area contributed by atoms with Crippen LogP contribution in [-0.2, 0) is 6.54 Å². The number of β-amino-alcohol motifs (C(OH)–C–C–N with tert-alkyl or cyclic N) is 1. The van der Waals surface area contributed by atoms with Gasteiger partial charge in [0, 0.05) is 32.7 Å². The minimum absolute atomic E-state index is 0.0640. The smallest absolute Gasteiger partial charge is 0.272 e. The van der Waals surface area contributed by atoms with Crippen molar-refractivity contribution >= 4 is 5.91 Å². The van der Waals surface area contributed by atoms with Crippen molar-refractivity contribution in [2.75, 3.05) is 26.2 Å². The molecule has 1 unspecified atom stereocenters. The Balaban J connectivity index is 1.57. The molecule has 0 saturated carbocycles. The lowest BCUT2D eigenvalue weighted by atomic mass is 9.95. The highest BCUT2D eigenvalue weighted by Crippen LogP contribution is 2.22. The van der Waals surface area contributed by atoms with Crippen molar-refractivity contribution in [3.05, 3.63) is 29.6 Å². The van der Waals surface area contributed by atoms with Gasteiger partial charge >= 0.3 is 0 Å². The van der Waals surface area contributed by atoms with Gasteiger partial charge in [-0.3, -0.25) is 9.69 Å². The average Bonchev–Trinajstić information content (AvgIpc) is 2.91. The molecule has 5 nitrogen and oxygen atoms in total. The van der Waals surface area contributed by atoms with E-state index >= 15 is 0 Å². The lowest BCUT2D eigenvalue weighted by molar-refractivity contribution is 0.0753. The first kappa shape index (κ1) is 15.4. The van der Waals surface area contributed by atoms with E-state index in [2.05, 4.69) is 16.8 Å². The maximum atomic E-state index is 12.4. The molecular formula is C17H25N3O2. The summed E-state index contributed by atoms with van der Waals surface area (Å²) < 4.78 is 0. The van der Waals surface area contributed by atoms with E-state index in [-0.39, 0.29) is 12.0 Å². The Labute approximate surface area is 131 Å². The van der Waals surface area contributed by atoms with Crippen LogP contribution in [0.1, 0.15) is 42.4 Å². The predicted octanol–water partition coefficient (Wildman–Crippen LogP) is 1.52. The average molecular weight is 303 g/mol. The SMILES string of the molecule is CCCC1CN(Cc2cccc(C(=O)N3CCC(O)C3)n2)C1. The first-order valence-corrected chi connectivity index (χ1v) is 8.31. The van der Waals surface area contributed by atoms with Crippen LogP contribution in [0.25, 0.3) is 0 Å². The lowest BCUT2D eigenvalue weighted by Crippen LogP contribution is -2.45. The van der Waals surface area contributed by atoms with Crippen LogP contribution in [0.2, 0.25) is 0 Å². The molecule has 2 fully saturated rings. The van der Waals surface area contributed by atoms with Crippen LogP contribution < -0.4 is 0 Å². The molecule has 2 aliphatic rings. The number of hydrogen-bond acceptors (Lipinski definition) is 4. The zero-order valence-corrected chi connectivity index (χ0v) is 13.2. The van der Waals surface area contributed by atoms with Crippen molar-refractivity contribution in [1.82, 2.24) is 14.8 Å². The molecule has 3 rings (SSSR count). The number of aliphatic hydroxyl groups excluding tert-OH is 1. The first-order chi connectivity index (χ1) is 10.7. The fourth-order valence-corrected chi connectivity index (χ4v) is 3.40. The Morgan fingerprint density at radius 3 is 2.86 bits per heavy atom. The standard InChI is InChI=1S/C17H25N3O2/c1-2-4-13-9-19(10-13)11-14-5-3-6-16(18-14)17(22)20-8-7-15(21)12-20/h3,5-6,13,15,21H,2,4,7-12H2,1H3. The van der Waals surface area contributed by atoms with Gasteiger partial charge in [0.25, 0.3) is 5.91 Å². The molecule has 1 aromatic rings. The molecule has 5 heteroatoms. The van der Waals surface area contributed by atoms with Crippen molar-refractivity contribution in [2.24, 2.45) is 5.92 Å². The number of likely N-dealkylation sites (tertiary alicyclic amines) is 2. The van der Waals surface area contributed by atoms with Crippen LogP contribution in [0.3, 0.4) is 0 Å². The molecule has 0 aliphatic carbocycles. The van der Waals surface area contributed by atoms with Crippen molar-refractivity contribution in [2.45, 2.75) is 38.8 Å². The summed E-state index contributed by atoms with van der Waals surface area (Å²) in [6.07, 6.45) is 2.84. The second-order valence-electron chi connectivity index (χ2n) is 6.56. The fraction of sp³-hybridized carbons (Fsp3) is 0.647. The number of hydrogen-bond donors (Lipinski definition) is 1. The Bertz CT molecular complexity index is 528. The Kier molecular flexibility index (Phi) is 4.74. The maximum Gasteiger partial charge on any atom is 0.272 e. The van der Waals surface area contributed by atoms with Crippen molar-refractivity contribution in [1.29, 1.82) is 0 Å². The zero-order valence-electron chi connectivity index (χ0n) is 13.2. The molecule has 1 atom stereocenters. The van der Waals surface area contributed by atoms with E-state index < -0.39 is 0 Å². The summed E-state index contributed by atoms with van der Waals surface area (Å²) in [6.45, 7) is 6.39. The third-order valence-electron chi connectivity index (χ3n) is 4.59. The van der Waals surface area contributed by atoms with Gasteiger partial charge in [-0.25, -0.2) is 4.98 Å². The molecule has 120 valence electrons. The number of carbonyl (C=O) groups excluding carboxylic acids is 1. The molecule has 0 bridgehead atoms. The van der Waals surface area contributed by atoms with Gasteiger partial charge in [0.05, 0.1) is 11.8 Å². The van der Waals surface area contributed by atoms with E-state index in [1.165, 1.54) is 12.8 Å². The number of pyridine rings is 1. The number of nitrogens with zero attached hydrogens (tertiary/aromatic N) is 3. The minimum atomic E-state index is -0.385. The largest absolute Gasteiger partial charge is 0.391 e. The van der Waals surface area contributed by atoms with Crippen molar-refractivity contribution in [3.8, 4) is 0 Å². The highest BCUT2D eigenvalue weighted by Gasteiger charge is 2.28. The maximum absolute atomic E-state index is 12.4. The highest BCUT2D eigenvalue weighted by atomic mass is 16.3. The van der Waals surface area contributed by atoms with Crippen LogP contribution >= 0.6 is 0 Å². The van der Waals surface area contributed by atoms with Crippen LogP contribution in [0, 0.1) is 5.92 Å². The normalized spacial score (nSPS) is 22.8. The van der Waals surface area contributed by atoms with Gasteiger partial charge in [0.2, 0.25) is 0 Å². The monoisotopic (exact) mass is 303 g/mol. The van der Waals surface area contributed by atoms with Crippen LogP contribution in [-0.4, -0.2) is 58.1 Å². The Hall–Kier alpha value is -1.46. The van der Waals surface area contributed by atoms with Gasteiger partial charge in [-0.15, -0.1) is 0 Å². The van der Waals surface area contributed by atoms with Gasteiger partial charge in [-0.2, -0.15) is 0 Å². The minimum Gasteiger partial charge on any atom is -0.391 e. The molecule has 22 heavy (non-hydrogen) atoms. The molecule has 3 heterocycles. The number of rotatable bonds is 5. The van der Waals surface area contributed by atoms with Gasteiger partial charge in [-0.1, -0.05) is 19.4 Å². The van der Waals surface area contributed by atoms with Gasteiger partial charge in [0.15, 0.2) is 0 Å². The molecule has 0 aromatic carbocycles. The quantitative estimate of drug-likeness (QED) is 0.896. The Morgan fingerprint density at radius 2 is 2.18 bits per heavy atom. The van der Waals surface area contributed by atoms with E-state index in [1.807, 2.05) is 12.1 Å². The van der Waals surface area contributed by atoms with Gasteiger partial charge in [-0.05, 0) is 30.9 Å². The van der Waals surface area contributed by atoms with E-state index in [1.54, 1.807) is 11.0 Å². The summed E-state index contributed by atoms with van der Waals surface area (Å²) in [4.78, 5) is 21.0. The van der Waals surface area contributed by atoms with Gasteiger partial charge < -0.3 is 10.0 Å². The number of aromatic nitrogens is 1. The van der Waals surface area contributed by atoms with Crippen LogP contribution in [0.15, 0.2) is 18.2 Å². The summed E-state index contributed by atoms with van der Waals surface area (Å²) in [5, 5.41) is 9.56. The number of carbonyl (C=O) groups is 1. The summed E-state index contributed by atoms with van der Waals surface area (Å²) >= 11 is 0. The van der Waals surface area contributed by atoms with Crippen molar-refractivity contribution in [3.63, 3.8) is 0 Å². The fourth-order valence-electron chi connectivity index (χ4n) is 3.40. The van der Waals surface area contributed by atoms with E-state index in [0.29, 0.717) is 25.2 Å². The zero-order chi connectivity index (χ0) is 15.5. The number of aliphatic hydroxyl groups is 1. The predicted molar refractivity (Wildman–Crippen MR) is 84.4 cm³/mol. The van der Waals surface area contributed by atoms with Crippen molar-refractivity contribution < 1.29 is 9.90 Å². The molecule has 1 N–H and O–H groups in total. The molecule has 0 radical (unpaired) electrons. The van der Waals surface area contributed by atoms with Crippen LogP contribution in [0.5, 0.6) is 0 Å². The van der Waals surface area contributed by atoms with E-state index in [9.17, 15) is 9.90 Å². The van der Waals surface area contributed by atoms with E-state index in [4.69, 9.17) is 0 Å². The highest BCUT2D eigenvalue weighted by molar-refractivity contribution is 5.92. The first-order valence-electron chi connectivity index (χ1n) is 8.31. The summed E-state index contributed by atoms with van der Waals surface area (Å²) in [5.74, 6) is 0.770. The summed E-state index contributed by atoms with van der Waals surface area (Å²) in [7, 11) is 0. The molecule has 2 saturated heterocycles. The lowest BCUT2D eigenvalue weighted by Gasteiger charge is -2.39. The second kappa shape index (κ2) is 6.75. The molecular weight excluding hydrogens is 278 g/mol. The Morgan fingerprint density at radius 1 is 1.36 bits per heavy atom. The molecule has 1 amide bonds. The summed E-state index contributed by atoms with van der Waals surface area (Å²) in [5.41, 5.74) is 1.46. The summed E-state index contributed by atoms with van der Waals surface area (Å²) in [6, 6.07) is 5.67. The topological polar surface area (TPSA) is 56.7 Å². The van der Waals surface area contributed by atoms with Gasteiger partial charge in [0.1, 0.15) is 5.69 Å². The molecule has 0 spiro atoms. The van der Waals surface area contributed by atoms with Crippen LogP contribution in [0.4, 0.5) is 0 Å². The van der Waals surface area contributed by atoms with E-state index in [0.717, 1.165) is 31.2 Å². The molecule has 2 aliphatic heterocycles. The third-order valence-corrected chi connectivity index (χ3v) is 4.59. The number of amides is 1. The second-order valence-corrected chi connectivity index (χ2v) is 6.56.